The lowest BCUT2D eigenvalue weighted by atomic mass is 10.2. The third-order valence-electron chi connectivity index (χ3n) is 2.05. The van der Waals surface area contributed by atoms with Crippen LogP contribution in [-0.4, -0.2) is 23.4 Å². The van der Waals surface area contributed by atoms with Crippen LogP contribution in [0.2, 0.25) is 0 Å². The largest absolute Gasteiger partial charge is 0.485 e. The third kappa shape index (κ3) is 2.65. The van der Waals surface area contributed by atoms with Crippen molar-refractivity contribution in [1.82, 2.24) is 0 Å². The third-order valence-corrected chi connectivity index (χ3v) is 2.05. The van der Waals surface area contributed by atoms with Crippen LogP contribution in [0.3, 0.4) is 0 Å². The predicted molar refractivity (Wildman–Crippen MR) is 52.1 cm³/mol. The van der Waals surface area contributed by atoms with E-state index in [1.807, 2.05) is 0 Å². The molecule has 1 aromatic rings. The lowest BCUT2D eigenvalue weighted by Crippen LogP contribution is -2.48. The molecular formula is C10H10F3NO2. The molecule has 0 aliphatic heterocycles. The molecule has 88 valence electrons. The maximum atomic E-state index is 12.7. The van der Waals surface area contributed by atoms with E-state index in [4.69, 9.17) is 5.11 Å². The average Bonchev–Trinajstić information content (AvgIpc) is 2.17. The number of alkyl halides is 3. The van der Waals surface area contributed by atoms with Gasteiger partial charge in [0.25, 0.3) is 0 Å². The zero-order valence-corrected chi connectivity index (χ0v) is 8.40. The summed E-state index contributed by atoms with van der Waals surface area (Å²) in [5, 5.41) is 8.64. The van der Waals surface area contributed by atoms with Crippen molar-refractivity contribution in [3.63, 3.8) is 0 Å². The predicted octanol–water partition coefficient (Wildman–Crippen LogP) is 2.49. The molecule has 0 radical (unpaired) electrons. The smallest absolute Gasteiger partial charge is 0.480 e. The van der Waals surface area contributed by atoms with E-state index in [1.165, 1.54) is 24.3 Å². The number of rotatable bonds is 3. The summed E-state index contributed by atoms with van der Waals surface area (Å²) < 4.78 is 38.0. The van der Waals surface area contributed by atoms with Crippen molar-refractivity contribution in [1.29, 1.82) is 0 Å². The second kappa shape index (κ2) is 4.42. The number of nitrogens with zero attached hydrogens (tertiary/aromatic N) is 1. The molecule has 0 saturated heterocycles. The molecule has 1 rings (SSSR count). The number of carbonyl (C=O) groups is 1. The molecule has 0 aliphatic rings. The van der Waals surface area contributed by atoms with E-state index in [1.54, 1.807) is 6.07 Å². The Balaban J connectivity index is 3.12. The van der Waals surface area contributed by atoms with Crippen molar-refractivity contribution < 1.29 is 23.1 Å². The van der Waals surface area contributed by atoms with E-state index in [0.717, 1.165) is 6.92 Å². The summed E-state index contributed by atoms with van der Waals surface area (Å²) >= 11 is 0. The molecule has 1 aromatic carbocycles. The standard InChI is InChI=1S/C10H10F3NO2/c1-7(9(15)16)14(10(11,12)13)8-5-3-2-4-6-8/h2-7H,1H3,(H,15,16). The minimum absolute atomic E-state index is 0.0880. The fraction of sp³-hybridized carbons (Fsp3) is 0.300. The highest BCUT2D eigenvalue weighted by Gasteiger charge is 2.43. The molecule has 0 heterocycles. The summed E-state index contributed by atoms with van der Waals surface area (Å²) in [5.41, 5.74) is -0.190. The highest BCUT2D eigenvalue weighted by molar-refractivity contribution is 5.77. The van der Waals surface area contributed by atoms with Crippen molar-refractivity contribution in [2.45, 2.75) is 19.3 Å². The normalized spacial score (nSPS) is 13.2. The van der Waals surface area contributed by atoms with Gasteiger partial charge in [0.15, 0.2) is 0 Å². The van der Waals surface area contributed by atoms with Crippen LogP contribution >= 0.6 is 0 Å². The quantitative estimate of drug-likeness (QED) is 0.815. The van der Waals surface area contributed by atoms with E-state index in [0.29, 0.717) is 0 Å². The van der Waals surface area contributed by atoms with Gasteiger partial charge in [-0.2, -0.15) is 13.2 Å². The molecule has 0 saturated carbocycles. The van der Waals surface area contributed by atoms with E-state index >= 15 is 0 Å². The van der Waals surface area contributed by atoms with Gasteiger partial charge in [-0.25, -0.2) is 4.79 Å². The Hall–Kier alpha value is -1.72. The van der Waals surface area contributed by atoms with E-state index in [9.17, 15) is 18.0 Å². The summed E-state index contributed by atoms with van der Waals surface area (Å²) in [5.74, 6) is -1.53. The zero-order chi connectivity index (χ0) is 12.3. The molecule has 0 aromatic heterocycles. The molecule has 6 heteroatoms. The van der Waals surface area contributed by atoms with Crippen molar-refractivity contribution in [3.8, 4) is 0 Å². The SMILES string of the molecule is CC(C(=O)O)N(c1ccccc1)C(F)(F)F. The first kappa shape index (κ1) is 12.4. The van der Waals surface area contributed by atoms with Crippen LogP contribution in [0.1, 0.15) is 6.92 Å². The van der Waals surface area contributed by atoms with Crippen molar-refractivity contribution in [3.05, 3.63) is 30.3 Å². The number of carboxylic acid groups (broad SMARTS) is 1. The van der Waals surface area contributed by atoms with Gasteiger partial charge in [-0.15, -0.1) is 0 Å². The molecule has 0 fully saturated rings. The van der Waals surface area contributed by atoms with Crippen LogP contribution in [-0.2, 0) is 4.79 Å². The number of halogens is 3. The first-order valence-electron chi connectivity index (χ1n) is 4.48. The van der Waals surface area contributed by atoms with Crippen molar-refractivity contribution >= 4 is 11.7 Å². The van der Waals surface area contributed by atoms with Gasteiger partial charge in [-0.1, -0.05) is 18.2 Å². The minimum Gasteiger partial charge on any atom is -0.480 e. The average molecular weight is 233 g/mol. The summed E-state index contributed by atoms with van der Waals surface area (Å²) in [7, 11) is 0. The Kier molecular flexibility index (Phi) is 3.41. The highest BCUT2D eigenvalue weighted by atomic mass is 19.4. The molecule has 1 unspecified atom stereocenters. The van der Waals surface area contributed by atoms with Crippen LogP contribution in [0.5, 0.6) is 0 Å². The van der Waals surface area contributed by atoms with Gasteiger partial charge >= 0.3 is 12.3 Å². The van der Waals surface area contributed by atoms with E-state index in [-0.39, 0.29) is 10.6 Å². The fourth-order valence-corrected chi connectivity index (χ4v) is 1.29. The number of aliphatic carboxylic acids is 1. The van der Waals surface area contributed by atoms with E-state index in [2.05, 4.69) is 0 Å². The lowest BCUT2D eigenvalue weighted by Gasteiger charge is -2.30. The maximum absolute atomic E-state index is 12.7. The lowest BCUT2D eigenvalue weighted by molar-refractivity contribution is -0.153. The van der Waals surface area contributed by atoms with Gasteiger partial charge in [0.1, 0.15) is 6.04 Å². The molecule has 0 aliphatic carbocycles. The maximum Gasteiger partial charge on any atom is 0.485 e. The van der Waals surface area contributed by atoms with Gasteiger partial charge < -0.3 is 5.11 Å². The van der Waals surface area contributed by atoms with Crippen LogP contribution in [0.4, 0.5) is 18.9 Å². The Bertz CT molecular complexity index is 364. The number of benzene rings is 1. The number of carboxylic acids is 1. The van der Waals surface area contributed by atoms with Gasteiger partial charge in [0.05, 0.1) is 0 Å². The molecule has 0 spiro atoms. The Labute approximate surface area is 90.1 Å². The molecule has 1 N–H and O–H groups in total. The highest BCUT2D eigenvalue weighted by Crippen LogP contribution is 2.30. The van der Waals surface area contributed by atoms with Crippen LogP contribution < -0.4 is 4.90 Å². The van der Waals surface area contributed by atoms with Crippen molar-refractivity contribution in [2.75, 3.05) is 4.90 Å². The van der Waals surface area contributed by atoms with Crippen LogP contribution in [0.25, 0.3) is 0 Å². The second-order valence-electron chi connectivity index (χ2n) is 3.19. The molecular weight excluding hydrogens is 223 g/mol. The number of hydrogen-bond donors (Lipinski definition) is 1. The van der Waals surface area contributed by atoms with Crippen LogP contribution in [0.15, 0.2) is 30.3 Å². The minimum atomic E-state index is -4.72. The van der Waals surface area contributed by atoms with Gasteiger partial charge in [-0.05, 0) is 19.1 Å². The summed E-state index contributed by atoms with van der Waals surface area (Å²) in [4.78, 5) is 10.5. The monoisotopic (exact) mass is 233 g/mol. The molecule has 1 atom stereocenters. The Morgan fingerprint density at radius 3 is 2.19 bits per heavy atom. The number of hydrogen-bond acceptors (Lipinski definition) is 2. The summed E-state index contributed by atoms with van der Waals surface area (Å²) in [6.07, 6.45) is -4.72. The second-order valence-corrected chi connectivity index (χ2v) is 3.19. The molecule has 16 heavy (non-hydrogen) atoms. The van der Waals surface area contributed by atoms with Gasteiger partial charge in [0, 0.05) is 5.69 Å². The molecule has 0 amide bonds. The Morgan fingerprint density at radius 1 is 1.31 bits per heavy atom. The fourth-order valence-electron chi connectivity index (χ4n) is 1.29. The van der Waals surface area contributed by atoms with E-state index < -0.39 is 18.3 Å². The van der Waals surface area contributed by atoms with Gasteiger partial charge in [-0.3, -0.25) is 4.90 Å². The Morgan fingerprint density at radius 2 is 1.81 bits per heavy atom. The zero-order valence-electron chi connectivity index (χ0n) is 8.40. The molecule has 3 nitrogen and oxygen atoms in total. The summed E-state index contributed by atoms with van der Waals surface area (Å²) in [6.45, 7) is 0.989. The van der Waals surface area contributed by atoms with Gasteiger partial charge in [0.2, 0.25) is 0 Å². The first-order chi connectivity index (χ1) is 7.34. The number of para-hydroxylation sites is 1. The van der Waals surface area contributed by atoms with Crippen molar-refractivity contribution in [2.24, 2.45) is 0 Å². The van der Waals surface area contributed by atoms with Crippen LogP contribution in [0, 0.1) is 0 Å². The molecule has 0 bridgehead atoms. The topological polar surface area (TPSA) is 40.5 Å². The first-order valence-corrected chi connectivity index (χ1v) is 4.48. The number of anilines is 1. The summed E-state index contributed by atoms with van der Waals surface area (Å²) in [6, 6.07) is 5.16.